The molecule has 0 aromatic heterocycles. The topological polar surface area (TPSA) is 93.7 Å². The van der Waals surface area contributed by atoms with Crippen LogP contribution in [0.15, 0.2) is 30.3 Å². The molecule has 2 amide bonds. The first kappa shape index (κ1) is 19.5. The zero-order valence-electron chi connectivity index (χ0n) is 14.2. The van der Waals surface area contributed by atoms with Gasteiger partial charge in [0.15, 0.2) is 0 Å². The highest BCUT2D eigenvalue weighted by Gasteiger charge is 2.21. The van der Waals surface area contributed by atoms with Crippen LogP contribution in [0.5, 0.6) is 0 Å². The van der Waals surface area contributed by atoms with Gasteiger partial charge >= 0.3 is 6.16 Å². The number of rotatable bonds is 8. The second kappa shape index (κ2) is 10.3. The molecule has 1 atom stereocenters. The molecule has 0 unspecified atom stereocenters. The Kier molecular flexibility index (Phi) is 8.32. The van der Waals surface area contributed by atoms with Crippen molar-refractivity contribution in [3.8, 4) is 0 Å². The molecule has 0 heterocycles. The molecule has 0 fully saturated rings. The average Bonchev–Trinajstić information content (AvgIpc) is 2.55. The van der Waals surface area contributed by atoms with Crippen molar-refractivity contribution in [3.63, 3.8) is 0 Å². The van der Waals surface area contributed by atoms with Crippen LogP contribution in [0.2, 0.25) is 0 Å². The zero-order valence-corrected chi connectivity index (χ0v) is 14.2. The standard InChI is InChI=1S/C17H24N2O5/c1-12(2)10-23-17(22)24-11-15(19-13(3)20)16(21)18-9-14-7-5-4-6-8-14/h4-8,12,15H,9-11H2,1-3H3,(H,18,21)(H,19,20)/t15-/m1/s1. The smallest absolute Gasteiger partial charge is 0.434 e. The Morgan fingerprint density at radius 1 is 1.04 bits per heavy atom. The van der Waals surface area contributed by atoms with Gasteiger partial charge in [-0.05, 0) is 11.5 Å². The van der Waals surface area contributed by atoms with Crippen LogP contribution < -0.4 is 10.6 Å². The lowest BCUT2D eigenvalue weighted by molar-refractivity contribution is -0.129. The number of amides is 2. The number of carbonyl (C=O) groups is 3. The van der Waals surface area contributed by atoms with Gasteiger partial charge in [0.05, 0.1) is 6.61 Å². The minimum absolute atomic E-state index is 0.179. The molecule has 0 spiro atoms. The fourth-order valence-electron chi connectivity index (χ4n) is 1.76. The fraction of sp³-hybridized carbons (Fsp3) is 0.471. The molecule has 1 aromatic carbocycles. The Bertz CT molecular complexity index is 545. The molecule has 0 aliphatic carbocycles. The van der Waals surface area contributed by atoms with Crippen molar-refractivity contribution >= 4 is 18.0 Å². The van der Waals surface area contributed by atoms with Crippen molar-refractivity contribution < 1.29 is 23.9 Å². The van der Waals surface area contributed by atoms with Crippen LogP contribution in [-0.2, 0) is 25.6 Å². The average molecular weight is 336 g/mol. The first-order chi connectivity index (χ1) is 11.4. The van der Waals surface area contributed by atoms with Gasteiger partial charge in [0, 0.05) is 13.5 Å². The van der Waals surface area contributed by atoms with Gasteiger partial charge in [0.25, 0.3) is 0 Å². The van der Waals surface area contributed by atoms with E-state index in [2.05, 4.69) is 10.6 Å². The fourth-order valence-corrected chi connectivity index (χ4v) is 1.76. The molecule has 0 aliphatic heterocycles. The maximum atomic E-state index is 12.2. The molecule has 0 bridgehead atoms. The number of hydrogen-bond acceptors (Lipinski definition) is 5. The highest BCUT2D eigenvalue weighted by atomic mass is 16.7. The van der Waals surface area contributed by atoms with Crippen LogP contribution in [0.4, 0.5) is 4.79 Å². The zero-order chi connectivity index (χ0) is 17.9. The Hall–Kier alpha value is -2.57. The van der Waals surface area contributed by atoms with E-state index >= 15 is 0 Å². The Balaban J connectivity index is 2.49. The normalized spacial score (nSPS) is 11.5. The molecular weight excluding hydrogens is 312 g/mol. The summed E-state index contributed by atoms with van der Waals surface area (Å²) < 4.78 is 9.75. The monoisotopic (exact) mass is 336 g/mol. The lowest BCUT2D eigenvalue weighted by Gasteiger charge is -2.17. The van der Waals surface area contributed by atoms with Crippen LogP contribution in [0.3, 0.4) is 0 Å². The van der Waals surface area contributed by atoms with E-state index in [1.165, 1.54) is 6.92 Å². The number of benzene rings is 1. The third kappa shape index (κ3) is 8.17. The lowest BCUT2D eigenvalue weighted by Crippen LogP contribution is -2.48. The molecule has 24 heavy (non-hydrogen) atoms. The molecular formula is C17H24N2O5. The maximum absolute atomic E-state index is 12.2. The minimum Gasteiger partial charge on any atom is -0.434 e. The van der Waals surface area contributed by atoms with Crippen molar-refractivity contribution in [2.45, 2.75) is 33.4 Å². The molecule has 0 saturated heterocycles. The van der Waals surface area contributed by atoms with E-state index in [0.717, 1.165) is 5.56 Å². The largest absolute Gasteiger partial charge is 0.508 e. The summed E-state index contributed by atoms with van der Waals surface area (Å²) in [4.78, 5) is 34.9. The van der Waals surface area contributed by atoms with E-state index in [0.29, 0.717) is 6.54 Å². The van der Waals surface area contributed by atoms with Crippen LogP contribution in [-0.4, -0.2) is 37.2 Å². The first-order valence-corrected chi connectivity index (χ1v) is 7.76. The number of carbonyl (C=O) groups excluding carboxylic acids is 3. The molecule has 7 heteroatoms. The quantitative estimate of drug-likeness (QED) is 0.704. The van der Waals surface area contributed by atoms with Crippen molar-refractivity contribution in [2.75, 3.05) is 13.2 Å². The Morgan fingerprint density at radius 3 is 2.25 bits per heavy atom. The predicted octanol–water partition coefficient (Wildman–Crippen LogP) is 1.62. The summed E-state index contributed by atoms with van der Waals surface area (Å²) in [5.41, 5.74) is 0.921. The van der Waals surface area contributed by atoms with Crippen molar-refractivity contribution in [2.24, 2.45) is 5.92 Å². The second-order valence-electron chi connectivity index (χ2n) is 5.72. The van der Waals surface area contributed by atoms with Crippen LogP contribution in [0, 0.1) is 5.92 Å². The summed E-state index contributed by atoms with van der Waals surface area (Å²) in [5, 5.41) is 5.15. The van der Waals surface area contributed by atoms with Gasteiger partial charge < -0.3 is 20.1 Å². The van der Waals surface area contributed by atoms with Gasteiger partial charge in [-0.1, -0.05) is 44.2 Å². The molecule has 7 nitrogen and oxygen atoms in total. The third-order valence-corrected chi connectivity index (χ3v) is 2.91. The predicted molar refractivity (Wildman–Crippen MR) is 88.0 cm³/mol. The molecule has 132 valence electrons. The highest BCUT2D eigenvalue weighted by molar-refractivity contribution is 5.87. The second-order valence-corrected chi connectivity index (χ2v) is 5.72. The van der Waals surface area contributed by atoms with E-state index in [4.69, 9.17) is 9.47 Å². The van der Waals surface area contributed by atoms with Gasteiger partial charge in [0.1, 0.15) is 12.6 Å². The van der Waals surface area contributed by atoms with E-state index in [1.807, 2.05) is 44.2 Å². The van der Waals surface area contributed by atoms with Crippen molar-refractivity contribution in [1.29, 1.82) is 0 Å². The van der Waals surface area contributed by atoms with Gasteiger partial charge in [-0.25, -0.2) is 4.79 Å². The Labute approximate surface area is 141 Å². The summed E-state index contributed by atoms with van der Waals surface area (Å²) in [5.74, 6) is -0.655. The van der Waals surface area contributed by atoms with Gasteiger partial charge in [0.2, 0.25) is 11.8 Å². The van der Waals surface area contributed by atoms with Crippen molar-refractivity contribution in [1.82, 2.24) is 10.6 Å². The van der Waals surface area contributed by atoms with E-state index in [-0.39, 0.29) is 19.1 Å². The first-order valence-electron chi connectivity index (χ1n) is 7.76. The lowest BCUT2D eigenvalue weighted by atomic mass is 10.2. The molecule has 0 radical (unpaired) electrons. The van der Waals surface area contributed by atoms with E-state index in [9.17, 15) is 14.4 Å². The summed E-state index contributed by atoms with van der Waals surface area (Å²) >= 11 is 0. The summed E-state index contributed by atoms with van der Waals surface area (Å²) in [6.07, 6.45) is -0.866. The van der Waals surface area contributed by atoms with E-state index < -0.39 is 24.0 Å². The highest BCUT2D eigenvalue weighted by Crippen LogP contribution is 1.99. The molecule has 1 aromatic rings. The SMILES string of the molecule is CC(=O)N[C@H](COC(=O)OCC(C)C)C(=O)NCc1ccccc1. The molecule has 0 saturated carbocycles. The summed E-state index contributed by atoms with van der Waals surface area (Å²) in [6, 6.07) is 8.36. The van der Waals surface area contributed by atoms with Crippen LogP contribution in [0.1, 0.15) is 26.3 Å². The Morgan fingerprint density at radius 2 is 1.67 bits per heavy atom. The number of nitrogens with one attached hydrogen (secondary N) is 2. The van der Waals surface area contributed by atoms with E-state index in [1.54, 1.807) is 0 Å². The van der Waals surface area contributed by atoms with Gasteiger partial charge in [-0.15, -0.1) is 0 Å². The number of ether oxygens (including phenoxy) is 2. The summed E-state index contributed by atoms with van der Waals surface area (Å²) in [7, 11) is 0. The number of hydrogen-bond donors (Lipinski definition) is 2. The molecule has 0 aliphatic rings. The minimum atomic E-state index is -0.974. The van der Waals surface area contributed by atoms with Crippen LogP contribution >= 0.6 is 0 Å². The van der Waals surface area contributed by atoms with Gasteiger partial charge in [-0.2, -0.15) is 0 Å². The third-order valence-electron chi connectivity index (χ3n) is 2.91. The van der Waals surface area contributed by atoms with Crippen LogP contribution in [0.25, 0.3) is 0 Å². The van der Waals surface area contributed by atoms with Crippen molar-refractivity contribution in [3.05, 3.63) is 35.9 Å². The molecule has 1 rings (SSSR count). The molecule has 2 N–H and O–H groups in total. The maximum Gasteiger partial charge on any atom is 0.508 e. The summed E-state index contributed by atoms with van der Waals surface area (Å²) in [6.45, 7) is 5.32. The van der Waals surface area contributed by atoms with Gasteiger partial charge in [-0.3, -0.25) is 9.59 Å².